The molecule has 0 saturated heterocycles. The Hall–Kier alpha value is -1.86. The third kappa shape index (κ3) is 2.11. The normalized spacial score (nSPS) is 17.3. The van der Waals surface area contributed by atoms with E-state index in [1.807, 2.05) is 24.3 Å². The van der Waals surface area contributed by atoms with E-state index in [0.717, 1.165) is 9.79 Å². The lowest BCUT2D eigenvalue weighted by molar-refractivity contribution is -0.384. The fourth-order valence-electron chi connectivity index (χ4n) is 1.73. The quantitative estimate of drug-likeness (QED) is 0.484. The summed E-state index contributed by atoms with van der Waals surface area (Å²) in [6, 6.07) is 13.5. The summed E-state index contributed by atoms with van der Waals surface area (Å²) < 4.78 is 13.9. The zero-order chi connectivity index (χ0) is 13.4. The van der Waals surface area contributed by atoms with Gasteiger partial charge < -0.3 is 0 Å². The molecule has 0 radical (unpaired) electrons. The maximum Gasteiger partial charge on any atom is 0.269 e. The third-order valence-electron chi connectivity index (χ3n) is 2.64. The van der Waals surface area contributed by atoms with Crippen molar-refractivity contribution in [3.63, 3.8) is 0 Å². The summed E-state index contributed by atoms with van der Waals surface area (Å²) in [4.78, 5) is 11.9. The molecule has 0 N–H and O–H groups in total. The monoisotopic (exact) mass is 292 g/mol. The summed E-state index contributed by atoms with van der Waals surface area (Å²) in [5, 5.41) is 10.6. The molecule has 0 fully saturated rings. The number of anilines is 1. The molecule has 0 aromatic heterocycles. The number of nitro benzene ring substituents is 1. The van der Waals surface area contributed by atoms with E-state index in [2.05, 4.69) is 0 Å². The van der Waals surface area contributed by atoms with Crippen LogP contribution in [0.3, 0.4) is 0 Å². The van der Waals surface area contributed by atoms with Gasteiger partial charge in [0.25, 0.3) is 5.69 Å². The van der Waals surface area contributed by atoms with Crippen molar-refractivity contribution in [2.75, 3.05) is 3.71 Å². The smallest absolute Gasteiger partial charge is 0.258 e. The number of nitro groups is 1. The number of hydrogen-bond acceptors (Lipinski definition) is 4. The van der Waals surface area contributed by atoms with Crippen molar-refractivity contribution < 1.29 is 9.13 Å². The highest BCUT2D eigenvalue weighted by Gasteiger charge is 2.28. The summed E-state index contributed by atoms with van der Waals surface area (Å²) >= 11 is 1.37. The lowest BCUT2D eigenvalue weighted by Gasteiger charge is -2.13. The fraction of sp³-hybridized carbons (Fsp3) is 0. The first-order chi connectivity index (χ1) is 9.16. The van der Waals surface area contributed by atoms with Gasteiger partial charge in [-0.3, -0.25) is 10.1 Å². The van der Waals surface area contributed by atoms with E-state index in [1.54, 1.807) is 15.8 Å². The summed E-state index contributed by atoms with van der Waals surface area (Å²) in [7, 11) is -1.28. The van der Waals surface area contributed by atoms with Crippen molar-refractivity contribution in [1.82, 2.24) is 0 Å². The molecule has 19 heavy (non-hydrogen) atoms. The van der Waals surface area contributed by atoms with Gasteiger partial charge in [-0.05, 0) is 24.3 Å². The highest BCUT2D eigenvalue weighted by molar-refractivity contribution is 8.14. The van der Waals surface area contributed by atoms with Gasteiger partial charge in [0.2, 0.25) is 0 Å². The third-order valence-corrected chi connectivity index (χ3v) is 5.57. The second kappa shape index (κ2) is 4.67. The molecule has 2 aromatic carbocycles. The van der Waals surface area contributed by atoms with Crippen molar-refractivity contribution in [3.8, 4) is 0 Å². The lowest BCUT2D eigenvalue weighted by atomic mass is 10.3. The number of benzene rings is 2. The number of hydrogen-bond donors (Lipinski definition) is 0. The molecule has 7 heteroatoms. The topological polar surface area (TPSA) is 63.5 Å². The van der Waals surface area contributed by atoms with Crippen molar-refractivity contribution in [2.24, 2.45) is 0 Å². The van der Waals surface area contributed by atoms with Crippen molar-refractivity contribution in [1.29, 1.82) is 0 Å². The molecule has 1 unspecified atom stereocenters. The minimum Gasteiger partial charge on any atom is -0.258 e. The Balaban J connectivity index is 1.93. The van der Waals surface area contributed by atoms with Gasteiger partial charge >= 0.3 is 0 Å². The predicted octanol–water partition coefficient (Wildman–Crippen LogP) is 3.14. The van der Waals surface area contributed by atoms with E-state index in [-0.39, 0.29) is 5.69 Å². The molecule has 1 heterocycles. The second-order valence-electron chi connectivity index (χ2n) is 3.82. The Bertz CT molecular complexity index is 673. The van der Waals surface area contributed by atoms with Gasteiger partial charge in [0.15, 0.2) is 11.0 Å². The Morgan fingerprint density at radius 3 is 2.42 bits per heavy atom. The molecule has 1 aliphatic heterocycles. The van der Waals surface area contributed by atoms with Crippen LogP contribution in [0, 0.1) is 10.1 Å². The predicted molar refractivity (Wildman–Crippen MR) is 74.3 cm³/mol. The van der Waals surface area contributed by atoms with Crippen LogP contribution in [-0.4, -0.2) is 9.13 Å². The van der Waals surface area contributed by atoms with Gasteiger partial charge in [0.05, 0.1) is 15.5 Å². The highest BCUT2D eigenvalue weighted by Crippen LogP contribution is 2.42. The zero-order valence-electron chi connectivity index (χ0n) is 9.55. The van der Waals surface area contributed by atoms with Crippen molar-refractivity contribution in [2.45, 2.75) is 9.79 Å². The first kappa shape index (κ1) is 12.2. The second-order valence-corrected chi connectivity index (χ2v) is 6.34. The van der Waals surface area contributed by atoms with Crippen LogP contribution in [0.5, 0.6) is 0 Å². The highest BCUT2D eigenvalue weighted by atomic mass is 32.2. The maximum absolute atomic E-state index is 12.3. The minimum atomic E-state index is -1.28. The molecule has 2 aromatic rings. The van der Waals surface area contributed by atoms with Gasteiger partial charge in [-0.2, -0.15) is 0 Å². The van der Waals surface area contributed by atoms with Gasteiger partial charge in [0, 0.05) is 29.0 Å². The van der Waals surface area contributed by atoms with Gasteiger partial charge in [0.1, 0.15) is 0 Å². The molecule has 5 nitrogen and oxygen atoms in total. The SMILES string of the molecule is O=[N+]([O-])c1ccc(N2Sc3ccccc3S2=O)cc1. The summed E-state index contributed by atoms with van der Waals surface area (Å²) in [6.45, 7) is 0. The number of non-ortho nitro benzene ring substituents is 1. The molecular weight excluding hydrogens is 284 g/mol. The number of fused-ring (bicyclic) bond motifs is 1. The van der Waals surface area contributed by atoms with E-state index in [0.29, 0.717) is 5.69 Å². The van der Waals surface area contributed by atoms with E-state index in [9.17, 15) is 14.3 Å². The van der Waals surface area contributed by atoms with Crippen LogP contribution in [0.15, 0.2) is 58.3 Å². The van der Waals surface area contributed by atoms with Gasteiger partial charge in [-0.25, -0.2) is 7.92 Å². The fourth-order valence-corrected chi connectivity index (χ4v) is 4.44. The molecular formula is C12H8N2O3S2. The Morgan fingerprint density at radius 2 is 1.79 bits per heavy atom. The molecule has 96 valence electrons. The van der Waals surface area contributed by atoms with Crippen molar-refractivity contribution in [3.05, 3.63) is 58.6 Å². The van der Waals surface area contributed by atoms with E-state index in [4.69, 9.17) is 0 Å². The number of rotatable bonds is 2. The Labute approximate surface area is 116 Å². The van der Waals surface area contributed by atoms with Crippen LogP contribution in [0.2, 0.25) is 0 Å². The molecule has 1 aliphatic rings. The average molecular weight is 292 g/mol. The van der Waals surface area contributed by atoms with E-state index < -0.39 is 15.9 Å². The van der Waals surface area contributed by atoms with E-state index >= 15 is 0 Å². The molecule has 1 atom stereocenters. The summed E-state index contributed by atoms with van der Waals surface area (Å²) in [6.07, 6.45) is 0. The first-order valence-electron chi connectivity index (χ1n) is 5.40. The van der Waals surface area contributed by atoms with Crippen LogP contribution < -0.4 is 3.71 Å². The molecule has 3 rings (SSSR count). The molecule has 0 spiro atoms. The van der Waals surface area contributed by atoms with Crippen molar-refractivity contribution >= 4 is 34.3 Å². The van der Waals surface area contributed by atoms with Crippen LogP contribution in [0.25, 0.3) is 0 Å². The Kier molecular flexibility index (Phi) is 3.00. The minimum absolute atomic E-state index is 0.0243. The van der Waals surface area contributed by atoms with E-state index in [1.165, 1.54) is 24.1 Å². The first-order valence-corrected chi connectivity index (χ1v) is 7.28. The Morgan fingerprint density at radius 1 is 1.11 bits per heavy atom. The maximum atomic E-state index is 12.3. The molecule has 0 amide bonds. The van der Waals surface area contributed by atoms with Gasteiger partial charge in [-0.15, -0.1) is 0 Å². The zero-order valence-corrected chi connectivity index (χ0v) is 11.2. The van der Waals surface area contributed by atoms with Crippen LogP contribution >= 0.6 is 11.9 Å². The number of nitrogens with zero attached hydrogens (tertiary/aromatic N) is 2. The van der Waals surface area contributed by atoms with Gasteiger partial charge in [-0.1, -0.05) is 12.1 Å². The largest absolute Gasteiger partial charge is 0.269 e. The average Bonchev–Trinajstić information content (AvgIpc) is 2.77. The summed E-state index contributed by atoms with van der Waals surface area (Å²) in [5.41, 5.74) is 0.710. The molecule has 0 aliphatic carbocycles. The molecule has 0 bridgehead atoms. The standard InChI is InChI=1S/C12H8N2O3S2/c15-13(16)9-5-7-10(8-6-9)14-18-11-3-1-2-4-12(11)19(14)17/h1-8H. The lowest BCUT2D eigenvalue weighted by Crippen LogP contribution is -2.11. The summed E-state index contributed by atoms with van der Waals surface area (Å²) in [5.74, 6) is 0. The van der Waals surface area contributed by atoms with Crippen LogP contribution in [0.4, 0.5) is 11.4 Å². The van der Waals surface area contributed by atoms with Crippen LogP contribution in [0.1, 0.15) is 0 Å². The molecule has 0 saturated carbocycles. The van der Waals surface area contributed by atoms with Crippen LogP contribution in [-0.2, 0) is 11.0 Å².